The van der Waals surface area contributed by atoms with Crippen molar-refractivity contribution < 1.29 is 8.78 Å². The Hall–Kier alpha value is -0.220. The van der Waals surface area contributed by atoms with Crippen LogP contribution in [0.15, 0.2) is 10.8 Å². The summed E-state index contributed by atoms with van der Waals surface area (Å²) in [5, 5.41) is -0.00926. The molecule has 1 aromatic heterocycles. The van der Waals surface area contributed by atoms with Crippen LogP contribution in [0.2, 0.25) is 5.02 Å². The molecule has 1 nitrogen and oxygen atoms in total. The third-order valence-corrected chi connectivity index (χ3v) is 2.64. The highest BCUT2D eigenvalue weighted by Gasteiger charge is 2.17. The summed E-state index contributed by atoms with van der Waals surface area (Å²) < 4.78 is 24.9. The predicted octanol–water partition coefficient (Wildman–Crippen LogP) is 3.74. The minimum atomic E-state index is -2.56. The molecule has 1 aromatic rings. The Labute approximate surface area is 81.9 Å². The number of aryl methyl sites for hydroxylation is 1. The lowest BCUT2D eigenvalue weighted by molar-refractivity contribution is 0.150. The summed E-state index contributed by atoms with van der Waals surface area (Å²) in [6, 6.07) is 0. The quantitative estimate of drug-likeness (QED) is 0.698. The predicted molar refractivity (Wildman–Crippen MR) is 46.6 cm³/mol. The van der Waals surface area contributed by atoms with Crippen LogP contribution in [0.1, 0.15) is 17.6 Å². The van der Waals surface area contributed by atoms with Gasteiger partial charge >= 0.3 is 0 Å². The molecule has 66 valence electrons. The maximum Gasteiger partial charge on any atom is 0.265 e. The van der Waals surface area contributed by atoms with Gasteiger partial charge in [-0.05, 0) is 28.4 Å². The first-order chi connectivity index (χ1) is 5.54. The van der Waals surface area contributed by atoms with Gasteiger partial charge in [0.25, 0.3) is 6.43 Å². The zero-order chi connectivity index (χ0) is 9.30. The number of hydrogen-bond donors (Lipinski definition) is 0. The number of rotatable bonds is 1. The molecule has 0 saturated heterocycles. The number of alkyl halides is 2. The van der Waals surface area contributed by atoms with Crippen molar-refractivity contribution >= 4 is 27.5 Å². The second kappa shape index (κ2) is 3.66. The molecule has 0 unspecified atom stereocenters. The molecule has 0 aliphatic heterocycles. The van der Waals surface area contributed by atoms with E-state index >= 15 is 0 Å². The summed E-state index contributed by atoms with van der Waals surface area (Å²) in [6.45, 7) is 1.55. The first-order valence-electron chi connectivity index (χ1n) is 3.12. The number of hydrogen-bond acceptors (Lipinski definition) is 1. The molecule has 0 aliphatic carbocycles. The lowest BCUT2D eigenvalue weighted by atomic mass is 10.2. The average molecular weight is 256 g/mol. The van der Waals surface area contributed by atoms with Crippen molar-refractivity contribution in [2.24, 2.45) is 0 Å². The van der Waals surface area contributed by atoms with Crippen LogP contribution in [-0.4, -0.2) is 4.98 Å². The Morgan fingerprint density at radius 2 is 2.17 bits per heavy atom. The summed E-state index contributed by atoms with van der Waals surface area (Å²) in [7, 11) is 0. The molecule has 1 rings (SSSR count). The van der Waals surface area contributed by atoms with Crippen molar-refractivity contribution in [1.82, 2.24) is 4.98 Å². The van der Waals surface area contributed by atoms with Gasteiger partial charge in [0.05, 0.1) is 5.02 Å². The SMILES string of the molecule is Cc1cnc(Br)c(Cl)c1C(F)F. The van der Waals surface area contributed by atoms with Gasteiger partial charge in [-0.25, -0.2) is 13.8 Å². The molecule has 0 fully saturated rings. The first kappa shape index (κ1) is 9.86. The third-order valence-electron chi connectivity index (χ3n) is 1.43. The summed E-state index contributed by atoms with van der Waals surface area (Å²) in [5.74, 6) is 0. The van der Waals surface area contributed by atoms with Crippen molar-refractivity contribution in [3.8, 4) is 0 Å². The molecule has 0 atom stereocenters. The number of halogens is 4. The molecule has 12 heavy (non-hydrogen) atoms. The van der Waals surface area contributed by atoms with Crippen molar-refractivity contribution in [2.45, 2.75) is 13.3 Å². The van der Waals surface area contributed by atoms with Crippen LogP contribution in [0.3, 0.4) is 0 Å². The van der Waals surface area contributed by atoms with E-state index in [1.54, 1.807) is 6.92 Å². The van der Waals surface area contributed by atoms with Gasteiger partial charge in [-0.3, -0.25) is 0 Å². The molecule has 0 spiro atoms. The molecular weight excluding hydrogens is 251 g/mol. The fourth-order valence-electron chi connectivity index (χ4n) is 0.832. The van der Waals surface area contributed by atoms with E-state index in [4.69, 9.17) is 11.6 Å². The van der Waals surface area contributed by atoms with Gasteiger partial charge < -0.3 is 0 Å². The van der Waals surface area contributed by atoms with E-state index in [0.29, 0.717) is 5.56 Å². The second-order valence-corrected chi connectivity index (χ2v) is 3.39. The van der Waals surface area contributed by atoms with Gasteiger partial charge in [0, 0.05) is 11.8 Å². The van der Waals surface area contributed by atoms with Gasteiger partial charge in [0.15, 0.2) is 0 Å². The molecule has 0 radical (unpaired) electrons. The average Bonchev–Trinajstić information content (AvgIpc) is 1.97. The molecule has 0 N–H and O–H groups in total. The molecule has 0 saturated carbocycles. The molecule has 0 bridgehead atoms. The lowest BCUT2D eigenvalue weighted by Crippen LogP contribution is -1.93. The Bertz CT molecular complexity index is 304. The van der Waals surface area contributed by atoms with Crippen LogP contribution < -0.4 is 0 Å². The maximum absolute atomic E-state index is 12.3. The monoisotopic (exact) mass is 255 g/mol. The summed E-state index contributed by atoms with van der Waals surface area (Å²) in [6.07, 6.45) is -1.20. The van der Waals surface area contributed by atoms with Gasteiger partial charge in [0.1, 0.15) is 4.60 Å². The standard InChI is InChI=1S/C7H5BrClF2N/c1-3-2-12-6(8)5(9)4(3)7(10)11/h2,7H,1H3. The van der Waals surface area contributed by atoms with Crippen molar-refractivity contribution in [1.29, 1.82) is 0 Å². The van der Waals surface area contributed by atoms with Gasteiger partial charge in [-0.15, -0.1) is 0 Å². The van der Waals surface area contributed by atoms with Crippen LogP contribution in [-0.2, 0) is 0 Å². The normalized spacial score (nSPS) is 10.8. The van der Waals surface area contributed by atoms with Crippen LogP contribution in [0.25, 0.3) is 0 Å². The first-order valence-corrected chi connectivity index (χ1v) is 4.29. The minimum absolute atomic E-state index is 0.00926. The summed E-state index contributed by atoms with van der Waals surface area (Å²) in [5.41, 5.74) is 0.247. The van der Waals surface area contributed by atoms with Crippen molar-refractivity contribution in [3.05, 3.63) is 26.9 Å². The summed E-state index contributed by atoms with van der Waals surface area (Å²) >= 11 is 8.58. The van der Waals surface area contributed by atoms with Crippen molar-refractivity contribution in [2.75, 3.05) is 0 Å². The van der Waals surface area contributed by atoms with Crippen LogP contribution in [0, 0.1) is 6.92 Å². The van der Waals surface area contributed by atoms with E-state index in [-0.39, 0.29) is 15.2 Å². The van der Waals surface area contributed by atoms with E-state index in [1.807, 2.05) is 0 Å². The Balaban J connectivity index is 3.33. The number of nitrogens with zero attached hydrogens (tertiary/aromatic N) is 1. The minimum Gasteiger partial charge on any atom is -0.247 e. The van der Waals surface area contributed by atoms with E-state index in [0.717, 1.165) is 0 Å². The highest BCUT2D eigenvalue weighted by Crippen LogP contribution is 2.33. The van der Waals surface area contributed by atoms with E-state index in [1.165, 1.54) is 6.20 Å². The summed E-state index contributed by atoms with van der Waals surface area (Å²) in [4.78, 5) is 3.77. The number of aromatic nitrogens is 1. The smallest absolute Gasteiger partial charge is 0.247 e. The maximum atomic E-state index is 12.3. The fraction of sp³-hybridized carbons (Fsp3) is 0.286. The van der Waals surface area contributed by atoms with E-state index < -0.39 is 6.43 Å². The van der Waals surface area contributed by atoms with E-state index in [9.17, 15) is 8.78 Å². The van der Waals surface area contributed by atoms with Crippen molar-refractivity contribution in [3.63, 3.8) is 0 Å². The third kappa shape index (κ3) is 1.75. The number of pyridine rings is 1. The molecular formula is C7H5BrClF2N. The molecule has 0 amide bonds. The highest BCUT2D eigenvalue weighted by atomic mass is 79.9. The van der Waals surface area contributed by atoms with Crippen LogP contribution in [0.4, 0.5) is 8.78 Å². The highest BCUT2D eigenvalue weighted by molar-refractivity contribution is 9.10. The van der Waals surface area contributed by atoms with Gasteiger partial charge in [-0.1, -0.05) is 11.6 Å². The van der Waals surface area contributed by atoms with Crippen LogP contribution >= 0.6 is 27.5 Å². The largest absolute Gasteiger partial charge is 0.265 e. The zero-order valence-corrected chi connectivity index (χ0v) is 8.46. The second-order valence-electron chi connectivity index (χ2n) is 2.26. The zero-order valence-electron chi connectivity index (χ0n) is 6.11. The fourth-order valence-corrected chi connectivity index (χ4v) is 1.43. The lowest BCUT2D eigenvalue weighted by Gasteiger charge is -2.06. The van der Waals surface area contributed by atoms with Gasteiger partial charge in [-0.2, -0.15) is 0 Å². The van der Waals surface area contributed by atoms with E-state index in [2.05, 4.69) is 20.9 Å². The Morgan fingerprint density at radius 3 is 2.58 bits per heavy atom. The topological polar surface area (TPSA) is 12.9 Å². The van der Waals surface area contributed by atoms with Crippen LogP contribution in [0.5, 0.6) is 0 Å². The molecule has 5 heteroatoms. The van der Waals surface area contributed by atoms with Gasteiger partial charge in [0.2, 0.25) is 0 Å². The molecule has 0 aliphatic rings. The Morgan fingerprint density at radius 1 is 1.58 bits per heavy atom. The Kier molecular flexibility index (Phi) is 3.01. The molecule has 0 aromatic carbocycles. The molecule has 1 heterocycles.